The van der Waals surface area contributed by atoms with Crippen molar-refractivity contribution in [2.24, 2.45) is 10.8 Å². The molecule has 37 heavy (non-hydrogen) atoms. The SMILES string of the molecule is C=CC(=O)OCCOC(=O)C(C)(CC)CCCC(C)(C)C(=O)OCCOC(=O)/C(C)=C(\C)C(C)=C(C)C. The van der Waals surface area contributed by atoms with Crippen molar-refractivity contribution in [3.05, 3.63) is 34.9 Å². The summed E-state index contributed by atoms with van der Waals surface area (Å²) in [6.07, 6.45) is 3.25. The quantitative estimate of drug-likeness (QED) is 0.0842. The van der Waals surface area contributed by atoms with Crippen molar-refractivity contribution in [2.45, 2.75) is 88.0 Å². The van der Waals surface area contributed by atoms with Gasteiger partial charge in [0.25, 0.3) is 0 Å². The molecule has 0 aromatic carbocycles. The van der Waals surface area contributed by atoms with Crippen LogP contribution in [0.25, 0.3) is 0 Å². The third-order valence-electron chi connectivity index (χ3n) is 6.81. The van der Waals surface area contributed by atoms with Crippen molar-refractivity contribution in [3.63, 3.8) is 0 Å². The van der Waals surface area contributed by atoms with Crippen LogP contribution in [0, 0.1) is 10.8 Å². The number of hydrogen-bond acceptors (Lipinski definition) is 8. The summed E-state index contributed by atoms with van der Waals surface area (Å²) in [7, 11) is 0. The molecule has 0 saturated heterocycles. The molecule has 0 aromatic heterocycles. The van der Waals surface area contributed by atoms with E-state index in [0.717, 1.165) is 22.8 Å². The smallest absolute Gasteiger partial charge is 0.334 e. The van der Waals surface area contributed by atoms with Crippen molar-refractivity contribution in [2.75, 3.05) is 26.4 Å². The van der Waals surface area contributed by atoms with Crippen molar-refractivity contribution in [1.82, 2.24) is 0 Å². The number of carbonyl (C=O) groups excluding carboxylic acids is 4. The maximum atomic E-state index is 12.6. The highest BCUT2D eigenvalue weighted by Gasteiger charge is 2.35. The van der Waals surface area contributed by atoms with Gasteiger partial charge in [0.1, 0.15) is 26.4 Å². The Labute approximate surface area is 222 Å². The lowest BCUT2D eigenvalue weighted by Crippen LogP contribution is -2.32. The van der Waals surface area contributed by atoms with E-state index in [4.69, 9.17) is 18.9 Å². The van der Waals surface area contributed by atoms with Crippen LogP contribution in [-0.4, -0.2) is 50.3 Å². The van der Waals surface area contributed by atoms with Crippen LogP contribution in [0.5, 0.6) is 0 Å². The van der Waals surface area contributed by atoms with E-state index in [0.29, 0.717) is 31.3 Å². The molecule has 1 atom stereocenters. The normalized spacial score (nSPS) is 13.4. The zero-order valence-corrected chi connectivity index (χ0v) is 24.2. The molecule has 0 radical (unpaired) electrons. The first-order chi connectivity index (χ1) is 17.1. The summed E-state index contributed by atoms with van der Waals surface area (Å²) in [5.41, 5.74) is 2.09. The van der Waals surface area contributed by atoms with Gasteiger partial charge in [-0.3, -0.25) is 9.59 Å². The second-order valence-electron chi connectivity index (χ2n) is 10.3. The minimum atomic E-state index is -0.769. The summed E-state index contributed by atoms with van der Waals surface area (Å²) in [6.45, 7) is 20.0. The molecule has 0 N–H and O–H groups in total. The van der Waals surface area contributed by atoms with Crippen LogP contribution in [0.2, 0.25) is 0 Å². The third-order valence-corrected chi connectivity index (χ3v) is 6.81. The van der Waals surface area contributed by atoms with Crippen LogP contribution >= 0.6 is 0 Å². The highest BCUT2D eigenvalue weighted by Crippen LogP contribution is 2.33. The zero-order chi connectivity index (χ0) is 28.8. The number of hydrogen-bond donors (Lipinski definition) is 0. The molecular weight excluding hydrogens is 476 g/mol. The van der Waals surface area contributed by atoms with Gasteiger partial charge in [-0.05, 0) is 85.8 Å². The standard InChI is InChI=1S/C29H46O8/c1-11-24(30)34-16-18-37-27(33)29(10,12-2)15-13-14-28(8,9)26(32)36-19-17-35-25(31)23(7)22(6)21(5)20(3)4/h11H,1,12-19H2,2-10H3/b23-22+. The first-order valence-corrected chi connectivity index (χ1v) is 12.8. The van der Waals surface area contributed by atoms with Gasteiger partial charge in [0.2, 0.25) is 0 Å². The fourth-order valence-electron chi connectivity index (χ4n) is 3.34. The Bertz CT molecular complexity index is 890. The summed E-state index contributed by atoms with van der Waals surface area (Å²) in [6, 6.07) is 0. The molecule has 0 heterocycles. The van der Waals surface area contributed by atoms with E-state index < -0.39 is 28.7 Å². The molecule has 0 aliphatic heterocycles. The number of ether oxygens (including phenoxy) is 4. The van der Waals surface area contributed by atoms with Gasteiger partial charge < -0.3 is 18.9 Å². The highest BCUT2D eigenvalue weighted by molar-refractivity contribution is 5.89. The fourth-order valence-corrected chi connectivity index (χ4v) is 3.34. The van der Waals surface area contributed by atoms with Crippen molar-refractivity contribution in [3.8, 4) is 0 Å². The minimum absolute atomic E-state index is 0.0268. The van der Waals surface area contributed by atoms with Crippen molar-refractivity contribution in [1.29, 1.82) is 0 Å². The predicted octanol–water partition coefficient (Wildman–Crippen LogP) is 5.65. The first-order valence-electron chi connectivity index (χ1n) is 12.8. The van der Waals surface area contributed by atoms with Gasteiger partial charge in [-0.25, -0.2) is 9.59 Å². The molecule has 0 fully saturated rings. The van der Waals surface area contributed by atoms with E-state index in [2.05, 4.69) is 6.58 Å². The monoisotopic (exact) mass is 522 g/mol. The zero-order valence-electron chi connectivity index (χ0n) is 24.2. The molecule has 8 nitrogen and oxygen atoms in total. The molecule has 0 aromatic rings. The van der Waals surface area contributed by atoms with Gasteiger partial charge in [-0.2, -0.15) is 0 Å². The summed E-state index contributed by atoms with van der Waals surface area (Å²) in [5, 5.41) is 0. The van der Waals surface area contributed by atoms with Gasteiger partial charge >= 0.3 is 23.9 Å². The Morgan fingerprint density at radius 1 is 0.703 bits per heavy atom. The molecule has 0 spiro atoms. The van der Waals surface area contributed by atoms with Gasteiger partial charge in [-0.15, -0.1) is 0 Å². The molecule has 0 aliphatic rings. The Morgan fingerprint density at radius 3 is 1.73 bits per heavy atom. The Morgan fingerprint density at radius 2 is 1.22 bits per heavy atom. The molecule has 0 aliphatic carbocycles. The van der Waals surface area contributed by atoms with Crippen LogP contribution in [0.15, 0.2) is 34.9 Å². The topological polar surface area (TPSA) is 105 Å². The largest absolute Gasteiger partial charge is 0.462 e. The molecule has 0 amide bonds. The molecule has 1 unspecified atom stereocenters. The molecule has 8 heteroatoms. The average molecular weight is 523 g/mol. The Hall–Kier alpha value is -2.90. The minimum Gasteiger partial charge on any atom is -0.462 e. The number of esters is 4. The van der Waals surface area contributed by atoms with Crippen LogP contribution in [-0.2, 0) is 38.1 Å². The van der Waals surface area contributed by atoms with Crippen molar-refractivity contribution < 1.29 is 38.1 Å². The van der Waals surface area contributed by atoms with Gasteiger partial charge in [-0.1, -0.05) is 25.5 Å². The first kappa shape index (κ1) is 34.1. The number of carbonyl (C=O) groups is 4. The number of allylic oxidation sites excluding steroid dienone is 3. The van der Waals surface area contributed by atoms with E-state index in [1.165, 1.54) is 0 Å². The number of rotatable bonds is 16. The fraction of sp³-hybridized carbons (Fsp3) is 0.655. The lowest BCUT2D eigenvalue weighted by molar-refractivity contribution is -0.160. The molecule has 0 rings (SSSR count). The second-order valence-corrected chi connectivity index (χ2v) is 10.3. The molecular formula is C29H46O8. The van der Waals surface area contributed by atoms with E-state index in [1.807, 2.05) is 41.5 Å². The summed E-state index contributed by atoms with van der Waals surface area (Å²) in [5.74, 6) is -1.76. The van der Waals surface area contributed by atoms with Crippen LogP contribution in [0.4, 0.5) is 0 Å². The lowest BCUT2D eigenvalue weighted by atomic mass is 9.79. The second kappa shape index (κ2) is 16.0. The molecule has 0 saturated carbocycles. The summed E-state index contributed by atoms with van der Waals surface area (Å²) < 4.78 is 20.7. The maximum absolute atomic E-state index is 12.6. The van der Waals surface area contributed by atoms with E-state index in [-0.39, 0.29) is 32.4 Å². The van der Waals surface area contributed by atoms with Crippen molar-refractivity contribution >= 4 is 23.9 Å². The molecule has 0 bridgehead atoms. The average Bonchev–Trinajstić information content (AvgIpc) is 2.86. The molecule has 210 valence electrons. The van der Waals surface area contributed by atoms with Gasteiger partial charge in [0, 0.05) is 11.6 Å². The lowest BCUT2D eigenvalue weighted by Gasteiger charge is -2.28. The Balaban J connectivity index is 4.63. The van der Waals surface area contributed by atoms with Crippen LogP contribution in [0.3, 0.4) is 0 Å². The van der Waals surface area contributed by atoms with Gasteiger partial charge in [0.05, 0.1) is 10.8 Å². The van der Waals surface area contributed by atoms with E-state index in [9.17, 15) is 19.2 Å². The Kier molecular flexibility index (Phi) is 14.8. The third kappa shape index (κ3) is 11.8. The predicted molar refractivity (Wildman–Crippen MR) is 142 cm³/mol. The van der Waals surface area contributed by atoms with Crippen LogP contribution < -0.4 is 0 Å². The maximum Gasteiger partial charge on any atom is 0.334 e. The van der Waals surface area contributed by atoms with E-state index >= 15 is 0 Å². The highest BCUT2D eigenvalue weighted by atomic mass is 16.6. The van der Waals surface area contributed by atoms with Gasteiger partial charge in [0.15, 0.2) is 0 Å². The summed E-state index contributed by atoms with van der Waals surface area (Å²) >= 11 is 0. The summed E-state index contributed by atoms with van der Waals surface area (Å²) in [4.78, 5) is 48.5. The van der Waals surface area contributed by atoms with Crippen LogP contribution in [0.1, 0.15) is 88.0 Å². The van der Waals surface area contributed by atoms with E-state index in [1.54, 1.807) is 20.8 Å².